The molecule has 1 aromatic heterocycles. The number of nitrogens with zero attached hydrogens (tertiary/aromatic N) is 2. The molecule has 0 aliphatic carbocycles. The summed E-state index contributed by atoms with van der Waals surface area (Å²) in [6.07, 6.45) is 3.78. The molecule has 28 heavy (non-hydrogen) atoms. The van der Waals surface area contributed by atoms with Gasteiger partial charge in [0.05, 0.1) is 18.4 Å². The Hall–Kier alpha value is -3.12. The first-order valence-electron chi connectivity index (χ1n) is 8.81. The molecule has 0 saturated carbocycles. The van der Waals surface area contributed by atoms with E-state index in [4.69, 9.17) is 16.3 Å². The van der Waals surface area contributed by atoms with E-state index in [0.717, 1.165) is 17.5 Å². The molecule has 0 radical (unpaired) electrons. The third-order valence-electron chi connectivity index (χ3n) is 4.10. The van der Waals surface area contributed by atoms with Gasteiger partial charge in [-0.1, -0.05) is 29.8 Å². The van der Waals surface area contributed by atoms with Crippen LogP contribution in [-0.2, 0) is 6.42 Å². The fourth-order valence-electron chi connectivity index (χ4n) is 2.66. The maximum absolute atomic E-state index is 12.5. The lowest BCUT2D eigenvalue weighted by molar-refractivity contribution is 0.102. The highest BCUT2D eigenvalue weighted by Crippen LogP contribution is 2.25. The molecule has 7 heteroatoms. The van der Waals surface area contributed by atoms with Crippen LogP contribution in [-0.4, -0.2) is 29.5 Å². The number of hydrogen-bond acceptors (Lipinski definition) is 5. The average molecular weight is 397 g/mol. The zero-order valence-corrected chi connectivity index (χ0v) is 16.5. The highest BCUT2D eigenvalue weighted by atomic mass is 35.5. The average Bonchev–Trinajstić information content (AvgIpc) is 2.69. The minimum absolute atomic E-state index is 0.297. The predicted molar refractivity (Wildman–Crippen MR) is 111 cm³/mol. The van der Waals surface area contributed by atoms with Crippen molar-refractivity contribution in [1.29, 1.82) is 0 Å². The summed E-state index contributed by atoms with van der Waals surface area (Å²) in [5.41, 5.74) is 3.12. The number of carbonyl (C=O) groups is 1. The number of methoxy groups -OCH3 is 1. The number of ether oxygens (including phenoxy) is 1. The van der Waals surface area contributed by atoms with Crippen molar-refractivity contribution in [2.75, 3.05) is 24.3 Å². The van der Waals surface area contributed by atoms with Crippen molar-refractivity contribution in [2.24, 2.45) is 0 Å². The highest BCUT2D eigenvalue weighted by Gasteiger charge is 2.11. The van der Waals surface area contributed by atoms with E-state index in [0.29, 0.717) is 34.5 Å². The summed E-state index contributed by atoms with van der Waals surface area (Å²) in [6.45, 7) is 2.61. The van der Waals surface area contributed by atoms with Crippen molar-refractivity contribution in [3.63, 3.8) is 0 Å². The number of aryl methyl sites for hydroxylation is 1. The molecule has 0 atom stereocenters. The third-order valence-corrected chi connectivity index (χ3v) is 4.34. The molecule has 0 aliphatic heterocycles. The van der Waals surface area contributed by atoms with E-state index in [9.17, 15) is 4.79 Å². The Morgan fingerprint density at radius 2 is 1.93 bits per heavy atom. The second-order valence-electron chi connectivity index (χ2n) is 6.26. The van der Waals surface area contributed by atoms with Gasteiger partial charge in [0, 0.05) is 24.0 Å². The number of aromatic nitrogens is 2. The molecule has 3 aromatic rings. The first-order chi connectivity index (χ1) is 13.5. The summed E-state index contributed by atoms with van der Waals surface area (Å²) in [4.78, 5) is 20.9. The normalized spacial score (nSPS) is 10.4. The van der Waals surface area contributed by atoms with Gasteiger partial charge in [0.2, 0.25) is 5.95 Å². The van der Waals surface area contributed by atoms with E-state index in [-0.39, 0.29) is 5.91 Å². The van der Waals surface area contributed by atoms with Crippen molar-refractivity contribution in [3.8, 4) is 5.75 Å². The first kappa shape index (κ1) is 19.6. The van der Waals surface area contributed by atoms with E-state index in [1.54, 1.807) is 7.11 Å². The molecule has 0 saturated heterocycles. The quantitative estimate of drug-likeness (QED) is 0.620. The molecular weight excluding hydrogens is 376 g/mol. The van der Waals surface area contributed by atoms with Crippen LogP contribution < -0.4 is 15.4 Å². The van der Waals surface area contributed by atoms with Crippen molar-refractivity contribution in [1.82, 2.24) is 9.97 Å². The molecule has 0 bridgehead atoms. The zero-order chi connectivity index (χ0) is 19.9. The fraction of sp³-hybridized carbons (Fsp3) is 0.190. The van der Waals surface area contributed by atoms with Gasteiger partial charge in [-0.05, 0) is 48.7 Å². The summed E-state index contributed by atoms with van der Waals surface area (Å²) < 4.78 is 5.28. The van der Waals surface area contributed by atoms with Crippen LogP contribution in [0.15, 0.2) is 54.9 Å². The van der Waals surface area contributed by atoms with Gasteiger partial charge in [0.25, 0.3) is 5.91 Å². The van der Waals surface area contributed by atoms with Gasteiger partial charge in [-0.15, -0.1) is 0 Å². The van der Waals surface area contributed by atoms with E-state index < -0.39 is 0 Å². The van der Waals surface area contributed by atoms with Crippen LogP contribution >= 0.6 is 11.6 Å². The second-order valence-corrected chi connectivity index (χ2v) is 6.70. The Labute approximate surface area is 168 Å². The number of anilines is 2. The number of carbonyl (C=O) groups excluding carboxylic acids is 1. The molecule has 144 valence electrons. The molecule has 0 unspecified atom stereocenters. The van der Waals surface area contributed by atoms with Gasteiger partial charge >= 0.3 is 0 Å². The second kappa shape index (κ2) is 9.19. The van der Waals surface area contributed by atoms with Gasteiger partial charge in [-0.25, -0.2) is 9.97 Å². The highest BCUT2D eigenvalue weighted by molar-refractivity contribution is 6.30. The van der Waals surface area contributed by atoms with Crippen molar-refractivity contribution < 1.29 is 9.53 Å². The maximum Gasteiger partial charge on any atom is 0.258 e. The van der Waals surface area contributed by atoms with Gasteiger partial charge in [0.1, 0.15) is 5.75 Å². The van der Waals surface area contributed by atoms with Gasteiger partial charge in [0.15, 0.2) is 0 Å². The number of amides is 1. The zero-order valence-electron chi connectivity index (χ0n) is 15.7. The number of halogens is 1. The Bertz CT molecular complexity index is 961. The Kier molecular flexibility index (Phi) is 6.45. The predicted octanol–water partition coefficient (Wildman–Crippen LogP) is 4.35. The van der Waals surface area contributed by atoms with Crippen LogP contribution in [0, 0.1) is 6.92 Å². The maximum atomic E-state index is 12.5. The van der Waals surface area contributed by atoms with E-state index >= 15 is 0 Å². The van der Waals surface area contributed by atoms with Crippen molar-refractivity contribution >= 4 is 29.1 Å². The SMILES string of the molecule is COc1ccc(C)cc1NC(=O)c1cnc(NCCc2cccc(Cl)c2)nc1. The van der Waals surface area contributed by atoms with Crippen LogP contribution in [0.3, 0.4) is 0 Å². The Morgan fingerprint density at radius 1 is 1.14 bits per heavy atom. The van der Waals surface area contributed by atoms with Crippen LogP contribution in [0.25, 0.3) is 0 Å². The van der Waals surface area contributed by atoms with E-state index in [1.807, 2.05) is 49.4 Å². The molecule has 2 aromatic carbocycles. The van der Waals surface area contributed by atoms with Crippen LogP contribution in [0.1, 0.15) is 21.5 Å². The van der Waals surface area contributed by atoms with Gasteiger partial charge in [-0.2, -0.15) is 0 Å². The summed E-state index contributed by atoms with van der Waals surface area (Å²) in [7, 11) is 1.56. The molecule has 0 aliphatic rings. The number of rotatable bonds is 7. The number of nitrogens with one attached hydrogen (secondary N) is 2. The minimum Gasteiger partial charge on any atom is -0.495 e. The largest absolute Gasteiger partial charge is 0.495 e. The molecule has 6 nitrogen and oxygen atoms in total. The Balaban J connectivity index is 1.58. The smallest absolute Gasteiger partial charge is 0.258 e. The topological polar surface area (TPSA) is 76.1 Å². The molecule has 3 rings (SSSR count). The van der Waals surface area contributed by atoms with Crippen LogP contribution in [0.5, 0.6) is 5.75 Å². The molecule has 0 fully saturated rings. The summed E-state index contributed by atoms with van der Waals surface area (Å²) >= 11 is 5.98. The summed E-state index contributed by atoms with van der Waals surface area (Å²) in [6, 6.07) is 13.3. The van der Waals surface area contributed by atoms with Gasteiger partial charge in [-0.3, -0.25) is 4.79 Å². The van der Waals surface area contributed by atoms with E-state index in [2.05, 4.69) is 20.6 Å². The monoisotopic (exact) mass is 396 g/mol. The first-order valence-corrected chi connectivity index (χ1v) is 9.19. The van der Waals surface area contributed by atoms with Crippen LogP contribution in [0.4, 0.5) is 11.6 Å². The molecule has 1 amide bonds. The lowest BCUT2D eigenvalue weighted by Gasteiger charge is -2.11. The Morgan fingerprint density at radius 3 is 2.64 bits per heavy atom. The third kappa shape index (κ3) is 5.20. The number of hydrogen-bond donors (Lipinski definition) is 2. The molecule has 0 spiro atoms. The standard InChI is InChI=1S/C21H21ClN4O2/c1-14-6-7-19(28-2)18(10-14)26-20(27)16-12-24-21(25-13-16)23-9-8-15-4-3-5-17(22)11-15/h3-7,10-13H,8-9H2,1-2H3,(H,26,27)(H,23,24,25). The van der Waals surface area contributed by atoms with Crippen molar-refractivity contribution in [2.45, 2.75) is 13.3 Å². The lowest BCUT2D eigenvalue weighted by atomic mass is 10.1. The minimum atomic E-state index is -0.297. The van der Waals surface area contributed by atoms with Crippen LogP contribution in [0.2, 0.25) is 5.02 Å². The van der Waals surface area contributed by atoms with Gasteiger partial charge < -0.3 is 15.4 Å². The molecule has 1 heterocycles. The molecular formula is C21H21ClN4O2. The molecule has 2 N–H and O–H groups in total. The summed E-state index contributed by atoms with van der Waals surface area (Å²) in [5.74, 6) is 0.764. The van der Waals surface area contributed by atoms with Crippen molar-refractivity contribution in [3.05, 3.63) is 76.6 Å². The summed E-state index contributed by atoms with van der Waals surface area (Å²) in [5, 5.41) is 6.69. The number of benzene rings is 2. The lowest BCUT2D eigenvalue weighted by Crippen LogP contribution is -2.14. The fourth-order valence-corrected chi connectivity index (χ4v) is 2.87. The van der Waals surface area contributed by atoms with E-state index in [1.165, 1.54) is 12.4 Å².